The topological polar surface area (TPSA) is 162 Å². The van der Waals surface area contributed by atoms with Crippen LogP contribution in [-0.4, -0.2) is 62.5 Å². The number of hydrogen-bond acceptors (Lipinski definition) is 8. The van der Waals surface area contributed by atoms with Gasteiger partial charge < -0.3 is 30.5 Å². The van der Waals surface area contributed by atoms with E-state index in [4.69, 9.17) is 14.9 Å². The van der Waals surface area contributed by atoms with Crippen LogP contribution in [0.4, 0.5) is 11.4 Å². The Balaban J connectivity index is 2.26. The number of benzene rings is 1. The van der Waals surface area contributed by atoms with Gasteiger partial charge in [0.2, 0.25) is 0 Å². The molecule has 0 spiro atoms. The van der Waals surface area contributed by atoms with Crippen molar-refractivity contribution in [2.45, 2.75) is 24.5 Å². The number of carboxylic acids is 1. The highest BCUT2D eigenvalue weighted by Crippen LogP contribution is 2.26. The van der Waals surface area contributed by atoms with Crippen LogP contribution in [0, 0.1) is 10.1 Å². The van der Waals surface area contributed by atoms with E-state index in [0.717, 1.165) is 18.2 Å². The van der Waals surface area contributed by atoms with Gasteiger partial charge in [0.1, 0.15) is 18.3 Å². The van der Waals surface area contributed by atoms with Crippen LogP contribution >= 0.6 is 0 Å². The van der Waals surface area contributed by atoms with Crippen molar-refractivity contribution in [1.29, 1.82) is 0 Å². The van der Waals surface area contributed by atoms with Crippen LogP contribution in [0.3, 0.4) is 0 Å². The van der Waals surface area contributed by atoms with Crippen LogP contribution in [0.15, 0.2) is 18.2 Å². The molecule has 2 rings (SSSR count). The highest BCUT2D eigenvalue weighted by Gasteiger charge is 2.42. The molecule has 0 radical (unpaired) electrons. The summed E-state index contributed by atoms with van der Waals surface area (Å²) in [7, 11) is 0. The highest BCUT2D eigenvalue weighted by molar-refractivity contribution is 5.90. The van der Waals surface area contributed by atoms with E-state index in [-0.39, 0.29) is 11.3 Å². The number of rotatable bonds is 5. The second kappa shape index (κ2) is 6.23. The number of hydrogen-bond donors (Lipinski definition) is 5. The van der Waals surface area contributed by atoms with Crippen LogP contribution in [0.25, 0.3) is 0 Å². The van der Waals surface area contributed by atoms with Gasteiger partial charge in [0.15, 0.2) is 6.23 Å². The Morgan fingerprint density at radius 2 is 2.00 bits per heavy atom. The smallest absolute Gasteiger partial charge is 0.336 e. The third-order valence-corrected chi connectivity index (χ3v) is 3.23. The number of aliphatic hydroxyl groups is 3. The molecular weight excluding hydrogens is 300 g/mol. The fourth-order valence-electron chi connectivity index (χ4n) is 2.11. The summed E-state index contributed by atoms with van der Waals surface area (Å²) in [5, 5.41) is 50.7. The molecule has 10 heteroatoms. The summed E-state index contributed by atoms with van der Waals surface area (Å²) >= 11 is 0. The molecule has 0 aromatic heterocycles. The Kier molecular flexibility index (Phi) is 4.56. The number of nitrogens with zero attached hydrogens (tertiary/aromatic N) is 1. The van der Waals surface area contributed by atoms with Gasteiger partial charge in [0.25, 0.3) is 5.69 Å². The number of nitrogens with one attached hydrogen (secondary N) is 1. The van der Waals surface area contributed by atoms with Crippen molar-refractivity contribution in [2.24, 2.45) is 0 Å². The van der Waals surface area contributed by atoms with E-state index >= 15 is 0 Å². The molecule has 1 aliphatic heterocycles. The Morgan fingerprint density at radius 1 is 1.32 bits per heavy atom. The maximum absolute atomic E-state index is 11.0. The van der Waals surface area contributed by atoms with Crippen molar-refractivity contribution in [3.63, 3.8) is 0 Å². The molecule has 1 aromatic carbocycles. The number of anilines is 1. The zero-order chi connectivity index (χ0) is 16.4. The zero-order valence-electron chi connectivity index (χ0n) is 11.1. The predicted octanol–water partition coefficient (Wildman–Crippen LogP) is -0.856. The molecule has 4 atom stereocenters. The maximum atomic E-state index is 11.0. The van der Waals surface area contributed by atoms with Crippen molar-refractivity contribution in [3.05, 3.63) is 33.9 Å². The molecule has 0 amide bonds. The quantitative estimate of drug-likeness (QED) is 0.344. The molecule has 10 nitrogen and oxygen atoms in total. The number of non-ortho nitro benzene ring substituents is 1. The molecule has 1 aromatic rings. The van der Waals surface area contributed by atoms with Crippen molar-refractivity contribution in [3.8, 4) is 0 Å². The van der Waals surface area contributed by atoms with Crippen LogP contribution in [0.2, 0.25) is 0 Å². The van der Waals surface area contributed by atoms with E-state index in [1.165, 1.54) is 0 Å². The number of aromatic carboxylic acids is 1. The fourth-order valence-corrected chi connectivity index (χ4v) is 2.11. The minimum Gasteiger partial charge on any atom is -0.478 e. The van der Waals surface area contributed by atoms with Crippen LogP contribution in [0.1, 0.15) is 10.4 Å². The van der Waals surface area contributed by atoms with E-state index in [0.29, 0.717) is 0 Å². The van der Waals surface area contributed by atoms with Gasteiger partial charge in [-0.15, -0.1) is 0 Å². The average Bonchev–Trinajstić information content (AvgIpc) is 2.74. The van der Waals surface area contributed by atoms with E-state index in [9.17, 15) is 25.1 Å². The van der Waals surface area contributed by atoms with Crippen molar-refractivity contribution < 1.29 is 34.9 Å². The Bertz CT molecular complexity index is 560. The van der Waals surface area contributed by atoms with Crippen molar-refractivity contribution in [2.75, 3.05) is 11.9 Å². The summed E-state index contributed by atoms with van der Waals surface area (Å²) in [5.74, 6) is -1.35. The van der Waals surface area contributed by atoms with Crippen molar-refractivity contribution in [1.82, 2.24) is 0 Å². The number of aliphatic hydroxyl groups excluding tert-OH is 3. The summed E-state index contributed by atoms with van der Waals surface area (Å²) in [5.41, 5.74) is -0.737. The number of nitro groups is 1. The molecule has 0 bridgehead atoms. The minimum absolute atomic E-state index is 0.0291. The molecule has 1 fully saturated rings. The first kappa shape index (κ1) is 16.1. The SMILES string of the molecule is O=C(O)c1cc(N[C@@H]2O[C@@H](CO)[C@@H](O)[C@@H]2O)cc([N+](=O)[O-])c1. The lowest BCUT2D eigenvalue weighted by Crippen LogP contribution is -2.36. The van der Waals surface area contributed by atoms with Crippen molar-refractivity contribution >= 4 is 17.3 Å². The van der Waals surface area contributed by atoms with Gasteiger partial charge in [-0.25, -0.2) is 4.79 Å². The van der Waals surface area contributed by atoms with Crippen LogP contribution in [-0.2, 0) is 4.74 Å². The molecule has 5 N–H and O–H groups in total. The Hall–Kier alpha value is -2.27. The van der Waals surface area contributed by atoms with Crippen LogP contribution in [0.5, 0.6) is 0 Å². The number of carbonyl (C=O) groups is 1. The summed E-state index contributed by atoms with van der Waals surface area (Å²) < 4.78 is 5.16. The van der Waals surface area contributed by atoms with Gasteiger partial charge in [-0.05, 0) is 6.07 Å². The largest absolute Gasteiger partial charge is 0.478 e. The van der Waals surface area contributed by atoms with E-state index in [1.54, 1.807) is 0 Å². The fraction of sp³-hybridized carbons (Fsp3) is 0.417. The van der Waals surface area contributed by atoms with Crippen LogP contribution < -0.4 is 5.32 Å². The lowest BCUT2D eigenvalue weighted by atomic mass is 10.1. The summed E-state index contributed by atoms with van der Waals surface area (Å²) in [6, 6.07) is 3.09. The lowest BCUT2D eigenvalue weighted by molar-refractivity contribution is -0.384. The molecular formula is C12H14N2O8. The molecule has 1 aliphatic rings. The highest BCUT2D eigenvalue weighted by atomic mass is 16.6. The van der Waals surface area contributed by atoms with Gasteiger partial charge >= 0.3 is 5.97 Å². The molecule has 0 aliphatic carbocycles. The number of nitro benzene ring substituents is 1. The molecule has 0 unspecified atom stereocenters. The van der Waals surface area contributed by atoms with Gasteiger partial charge in [0, 0.05) is 17.8 Å². The molecule has 1 heterocycles. The Morgan fingerprint density at radius 3 is 2.50 bits per heavy atom. The molecule has 1 saturated heterocycles. The van der Waals surface area contributed by atoms with Gasteiger partial charge in [-0.2, -0.15) is 0 Å². The summed E-state index contributed by atoms with van der Waals surface area (Å²) in [4.78, 5) is 21.0. The van der Waals surface area contributed by atoms with E-state index < -0.39 is 47.7 Å². The first-order valence-electron chi connectivity index (χ1n) is 6.25. The standard InChI is InChI=1S/C12H14N2O8/c15-4-8-9(16)10(17)11(22-8)13-6-1-5(12(18)19)2-7(3-6)14(20)21/h1-3,8-11,13,15-17H,4H2,(H,18,19)/t8-,9+,10-,11+/m0/s1. The lowest BCUT2D eigenvalue weighted by Gasteiger charge is -2.17. The third-order valence-electron chi connectivity index (χ3n) is 3.23. The minimum atomic E-state index is -1.38. The molecule has 120 valence electrons. The first-order chi connectivity index (χ1) is 10.3. The van der Waals surface area contributed by atoms with E-state index in [2.05, 4.69) is 5.32 Å². The second-order valence-electron chi connectivity index (χ2n) is 4.73. The average molecular weight is 314 g/mol. The molecule has 22 heavy (non-hydrogen) atoms. The van der Waals surface area contributed by atoms with Gasteiger partial charge in [-0.3, -0.25) is 10.1 Å². The number of ether oxygens (including phenoxy) is 1. The Labute approximate surface area is 123 Å². The third kappa shape index (κ3) is 3.14. The van der Waals surface area contributed by atoms with Gasteiger partial charge in [-0.1, -0.05) is 0 Å². The monoisotopic (exact) mass is 314 g/mol. The normalized spacial score (nSPS) is 27.6. The summed E-state index contributed by atoms with van der Waals surface area (Å²) in [6.45, 7) is -0.522. The predicted molar refractivity (Wildman–Crippen MR) is 71.4 cm³/mol. The maximum Gasteiger partial charge on any atom is 0.336 e. The summed E-state index contributed by atoms with van der Waals surface area (Å²) in [6.07, 6.45) is -4.87. The second-order valence-corrected chi connectivity index (χ2v) is 4.73. The zero-order valence-corrected chi connectivity index (χ0v) is 11.1. The molecule has 0 saturated carbocycles. The first-order valence-corrected chi connectivity index (χ1v) is 6.25. The van der Waals surface area contributed by atoms with Gasteiger partial charge in [0.05, 0.1) is 17.1 Å². The van der Waals surface area contributed by atoms with E-state index in [1.807, 2.05) is 0 Å². The number of carboxylic acid groups (broad SMARTS) is 1.